The Labute approximate surface area is 307 Å². The second-order valence-electron chi connectivity index (χ2n) is 13.4. The van der Waals surface area contributed by atoms with Crippen molar-refractivity contribution in [3.63, 3.8) is 0 Å². The molecule has 286 valence electrons. The van der Waals surface area contributed by atoms with Crippen molar-refractivity contribution >= 4 is 23.6 Å². The lowest BCUT2D eigenvalue weighted by Gasteiger charge is -2.25. The highest BCUT2D eigenvalue weighted by Crippen LogP contribution is 2.21. The number of benzene rings is 1. The van der Waals surface area contributed by atoms with Gasteiger partial charge in [-0.2, -0.15) is 0 Å². The zero-order valence-corrected chi connectivity index (χ0v) is 30.7. The quantitative estimate of drug-likeness (QED) is 0.0668. The first-order chi connectivity index (χ1) is 25.1. The van der Waals surface area contributed by atoms with Gasteiger partial charge in [0.2, 0.25) is 23.6 Å². The minimum atomic E-state index is -1.39. The van der Waals surface area contributed by atoms with E-state index in [9.17, 15) is 29.4 Å². The van der Waals surface area contributed by atoms with Crippen molar-refractivity contribution in [3.05, 3.63) is 72.3 Å². The van der Waals surface area contributed by atoms with E-state index in [1.807, 2.05) is 30.3 Å². The average molecular weight is 723 g/mol. The number of carbonyl (C=O) groups is 4. The summed E-state index contributed by atoms with van der Waals surface area (Å²) in [5.41, 5.74) is 6.44. The van der Waals surface area contributed by atoms with Crippen LogP contribution in [0, 0.1) is 0 Å². The van der Waals surface area contributed by atoms with E-state index in [0.29, 0.717) is 25.2 Å². The fourth-order valence-corrected chi connectivity index (χ4v) is 6.06. The molecule has 0 saturated heterocycles. The molecular formula is C38H58N8O6. The van der Waals surface area contributed by atoms with Gasteiger partial charge in [-0.05, 0) is 18.4 Å². The molecule has 4 atom stereocenters. The Balaban J connectivity index is 1.68. The van der Waals surface area contributed by atoms with Crippen molar-refractivity contribution in [2.45, 2.75) is 141 Å². The highest BCUT2D eigenvalue weighted by molar-refractivity contribution is 5.80. The molecule has 3 aromatic rings. The number of hydrogen-bond acceptors (Lipinski definition) is 8. The van der Waals surface area contributed by atoms with Gasteiger partial charge in [-0.25, -0.2) is 9.97 Å². The van der Waals surface area contributed by atoms with E-state index in [0.717, 1.165) is 56.9 Å². The molecule has 0 aliphatic rings. The third kappa shape index (κ3) is 14.6. The first-order valence-electron chi connectivity index (χ1n) is 18.7. The summed E-state index contributed by atoms with van der Waals surface area (Å²) in [5.74, 6) is -1.31. The molecule has 2 unspecified atom stereocenters. The molecule has 0 aliphatic carbocycles. The van der Waals surface area contributed by atoms with Crippen molar-refractivity contribution in [2.24, 2.45) is 5.73 Å². The van der Waals surface area contributed by atoms with E-state index in [4.69, 9.17) is 5.73 Å². The van der Waals surface area contributed by atoms with Gasteiger partial charge in [-0.15, -0.1) is 0 Å². The number of aromatic nitrogens is 4. The van der Waals surface area contributed by atoms with Gasteiger partial charge < -0.3 is 41.0 Å². The first-order valence-corrected chi connectivity index (χ1v) is 18.7. The van der Waals surface area contributed by atoms with Crippen molar-refractivity contribution in [2.75, 3.05) is 0 Å². The maximum Gasteiger partial charge on any atom is 0.223 e. The van der Waals surface area contributed by atoms with Crippen LogP contribution in [0.3, 0.4) is 0 Å². The number of amides is 4. The minimum absolute atomic E-state index is 0.114. The Kier molecular flexibility index (Phi) is 18.6. The van der Waals surface area contributed by atoms with Crippen LogP contribution in [-0.4, -0.2) is 65.0 Å². The van der Waals surface area contributed by atoms with Crippen LogP contribution in [-0.2, 0) is 32.4 Å². The summed E-state index contributed by atoms with van der Waals surface area (Å²) >= 11 is 0. The largest absolute Gasteiger partial charge is 0.383 e. The van der Waals surface area contributed by atoms with Crippen LogP contribution in [0.5, 0.6) is 0 Å². The third-order valence-corrected chi connectivity index (χ3v) is 8.96. The van der Waals surface area contributed by atoms with E-state index >= 15 is 0 Å². The molecular weight excluding hydrogens is 664 g/mol. The molecule has 0 spiro atoms. The molecule has 0 aliphatic heterocycles. The smallest absolute Gasteiger partial charge is 0.223 e. The van der Waals surface area contributed by atoms with Crippen LogP contribution in [0.15, 0.2) is 55.1 Å². The summed E-state index contributed by atoms with van der Waals surface area (Å²) in [6.45, 7) is 4.57. The van der Waals surface area contributed by atoms with Crippen molar-refractivity contribution < 1.29 is 29.4 Å². The molecule has 0 fully saturated rings. The number of carbonyl (C=O) groups excluding carboxylic acids is 4. The van der Waals surface area contributed by atoms with Crippen molar-refractivity contribution in [1.29, 1.82) is 0 Å². The minimum Gasteiger partial charge on any atom is -0.383 e. The predicted molar refractivity (Wildman–Crippen MR) is 197 cm³/mol. The maximum atomic E-state index is 13.4. The Morgan fingerprint density at radius 1 is 0.692 bits per heavy atom. The number of unbranched alkanes of at least 4 members (excludes halogenated alkanes) is 8. The van der Waals surface area contributed by atoms with Crippen LogP contribution >= 0.6 is 0 Å². The summed E-state index contributed by atoms with van der Waals surface area (Å²) in [6.07, 6.45) is 13.2. The molecule has 0 saturated carbocycles. The third-order valence-electron chi connectivity index (χ3n) is 8.96. The van der Waals surface area contributed by atoms with Crippen molar-refractivity contribution in [3.8, 4) is 0 Å². The number of nitrogens with one attached hydrogen (secondary N) is 3. The van der Waals surface area contributed by atoms with Crippen LogP contribution in [0.25, 0.3) is 0 Å². The molecule has 52 heavy (non-hydrogen) atoms. The number of nitrogens with zero attached hydrogens (tertiary/aromatic N) is 4. The van der Waals surface area contributed by atoms with Gasteiger partial charge in [0.15, 0.2) is 0 Å². The normalized spacial score (nSPS) is 13.5. The summed E-state index contributed by atoms with van der Waals surface area (Å²) in [5, 5.41) is 31.1. The molecule has 14 nitrogen and oxygen atoms in total. The Morgan fingerprint density at radius 2 is 1.19 bits per heavy atom. The number of rotatable bonds is 26. The van der Waals surface area contributed by atoms with Gasteiger partial charge in [0, 0.05) is 57.0 Å². The molecule has 14 heteroatoms. The van der Waals surface area contributed by atoms with Gasteiger partial charge in [0.05, 0.1) is 18.8 Å². The summed E-state index contributed by atoms with van der Waals surface area (Å²) in [4.78, 5) is 59.5. The van der Waals surface area contributed by atoms with E-state index in [2.05, 4.69) is 39.8 Å². The topological polar surface area (TPSA) is 206 Å². The lowest BCUT2D eigenvalue weighted by atomic mass is 10.0. The van der Waals surface area contributed by atoms with Gasteiger partial charge in [0.1, 0.15) is 23.9 Å². The van der Waals surface area contributed by atoms with Crippen molar-refractivity contribution in [1.82, 2.24) is 35.1 Å². The Hall–Kier alpha value is -4.56. The Bertz CT molecular complexity index is 1510. The van der Waals surface area contributed by atoms with E-state index in [1.54, 1.807) is 23.2 Å². The van der Waals surface area contributed by atoms with E-state index in [1.165, 1.54) is 10.8 Å². The molecule has 0 radical (unpaired) electrons. The van der Waals surface area contributed by atoms with Crippen LogP contribution in [0.4, 0.5) is 0 Å². The maximum absolute atomic E-state index is 13.4. The number of primary amides is 1. The van der Waals surface area contributed by atoms with Crippen LogP contribution < -0.4 is 21.7 Å². The van der Waals surface area contributed by atoms with Gasteiger partial charge >= 0.3 is 0 Å². The molecule has 3 rings (SSSR count). The molecule has 0 bridgehead atoms. The highest BCUT2D eigenvalue weighted by Gasteiger charge is 2.30. The number of hydrogen-bond donors (Lipinski definition) is 6. The number of aliphatic hydroxyl groups excluding tert-OH is 2. The lowest BCUT2D eigenvalue weighted by Crippen LogP contribution is -2.44. The number of aliphatic hydroxyl groups is 2. The average Bonchev–Trinajstić information content (AvgIpc) is 3.79. The SMILES string of the molecule is CCCCCCCC(=O)N[C@H](CC(N)=O)C(O)c1nccn1CNC(=O)C[C@@H](NC(=O)CCCCCCC)C(O)c1nccn1Cc1ccccc1. The summed E-state index contributed by atoms with van der Waals surface area (Å²) < 4.78 is 3.27. The zero-order valence-electron chi connectivity index (χ0n) is 30.7. The summed E-state index contributed by atoms with van der Waals surface area (Å²) in [7, 11) is 0. The van der Waals surface area contributed by atoms with Gasteiger partial charge in [-0.1, -0.05) is 95.5 Å². The van der Waals surface area contributed by atoms with Crippen LogP contribution in [0.1, 0.15) is 133 Å². The predicted octanol–water partition coefficient (Wildman–Crippen LogP) is 3.92. The lowest BCUT2D eigenvalue weighted by molar-refractivity contribution is -0.126. The van der Waals surface area contributed by atoms with Gasteiger partial charge in [0.25, 0.3) is 0 Å². The molecule has 4 amide bonds. The second kappa shape index (κ2) is 23.1. The van der Waals surface area contributed by atoms with E-state index < -0.39 is 36.1 Å². The van der Waals surface area contributed by atoms with Gasteiger partial charge in [-0.3, -0.25) is 19.2 Å². The molecule has 1 aromatic carbocycles. The molecule has 2 aromatic heterocycles. The second-order valence-corrected chi connectivity index (χ2v) is 13.4. The number of nitrogens with two attached hydrogens (primary N) is 1. The van der Waals surface area contributed by atoms with E-state index in [-0.39, 0.29) is 50.0 Å². The van der Waals surface area contributed by atoms with Crippen LogP contribution in [0.2, 0.25) is 0 Å². The fourth-order valence-electron chi connectivity index (χ4n) is 6.06. The standard InChI is InChI=1S/C38H58N8O6/c1-3-5-7-9-14-18-32(48)43-29(24-31(39)47)35(51)38-41-21-23-46(38)27-42-34(50)25-30(44-33(49)19-15-10-8-6-4-2)36(52)37-40-20-22-45(37)26-28-16-12-11-13-17-28/h11-13,16-17,20-23,29-30,35-36,51-52H,3-10,14-15,18-19,24-27H2,1-2H3,(H2,39,47)(H,42,50)(H,43,48)(H,44,49)/t29-,30-,35?,36?/m1/s1. The zero-order chi connectivity index (χ0) is 37.7. The molecule has 7 N–H and O–H groups in total. The Morgan fingerprint density at radius 3 is 1.73 bits per heavy atom. The molecule has 2 heterocycles. The fraction of sp³-hybridized carbons (Fsp3) is 0.579. The highest BCUT2D eigenvalue weighted by atomic mass is 16.3. The number of imidazole rings is 2. The monoisotopic (exact) mass is 722 g/mol. The summed E-state index contributed by atoms with van der Waals surface area (Å²) in [6, 6.07) is 7.68. The first kappa shape index (κ1) is 41.9.